The first-order valence-corrected chi connectivity index (χ1v) is 5.73. The van der Waals surface area contributed by atoms with Crippen LogP contribution in [0.1, 0.15) is 12.5 Å². The van der Waals surface area contributed by atoms with E-state index in [2.05, 4.69) is 10.3 Å². The number of aryl methyl sites for hydroxylation is 1. The van der Waals surface area contributed by atoms with E-state index in [9.17, 15) is 10.1 Å². The third-order valence-corrected chi connectivity index (χ3v) is 3.37. The number of nitro groups is 1. The Bertz CT molecular complexity index is 550. The Morgan fingerprint density at radius 2 is 2.31 bits per heavy atom. The smallest absolute Gasteiger partial charge is 0.296 e. The standard InChI is InChI=1S/C10H11N3O2S/c1-3-6-4-7(13(14)15)9-8(5-6)16-10(11-2)12-9/h4-5H,3H2,1-2H3,(H,11,12). The van der Waals surface area contributed by atoms with Crippen LogP contribution in [0.2, 0.25) is 0 Å². The molecule has 0 amide bonds. The molecule has 0 saturated carbocycles. The van der Waals surface area contributed by atoms with E-state index in [1.807, 2.05) is 13.0 Å². The zero-order valence-electron chi connectivity index (χ0n) is 8.98. The molecule has 0 spiro atoms. The summed E-state index contributed by atoms with van der Waals surface area (Å²) in [6.45, 7) is 1.98. The van der Waals surface area contributed by atoms with Crippen molar-refractivity contribution in [3.05, 3.63) is 27.8 Å². The maximum Gasteiger partial charge on any atom is 0.296 e. The zero-order chi connectivity index (χ0) is 11.7. The second kappa shape index (κ2) is 4.05. The number of hydrogen-bond donors (Lipinski definition) is 1. The van der Waals surface area contributed by atoms with Gasteiger partial charge in [-0.3, -0.25) is 10.1 Å². The summed E-state index contributed by atoms with van der Waals surface area (Å²) in [6.07, 6.45) is 0.781. The van der Waals surface area contributed by atoms with E-state index < -0.39 is 0 Å². The van der Waals surface area contributed by atoms with Gasteiger partial charge in [0.05, 0.1) is 9.62 Å². The van der Waals surface area contributed by atoms with Crippen LogP contribution < -0.4 is 5.32 Å². The fourth-order valence-corrected chi connectivity index (χ4v) is 2.42. The van der Waals surface area contributed by atoms with Crippen LogP contribution in [-0.4, -0.2) is 17.0 Å². The van der Waals surface area contributed by atoms with Crippen molar-refractivity contribution in [2.45, 2.75) is 13.3 Å². The molecule has 1 heterocycles. The molecule has 0 fully saturated rings. The van der Waals surface area contributed by atoms with E-state index >= 15 is 0 Å². The number of nitro benzene ring substituents is 1. The quantitative estimate of drug-likeness (QED) is 0.658. The Hall–Kier alpha value is -1.69. The summed E-state index contributed by atoms with van der Waals surface area (Å²) in [5, 5.41) is 14.5. The van der Waals surface area contributed by atoms with Crippen LogP contribution in [0, 0.1) is 10.1 Å². The van der Waals surface area contributed by atoms with Crippen LogP contribution in [0.5, 0.6) is 0 Å². The lowest BCUT2D eigenvalue weighted by atomic mass is 10.1. The van der Waals surface area contributed by atoms with Crippen LogP contribution in [0.3, 0.4) is 0 Å². The number of aromatic nitrogens is 1. The molecule has 6 heteroatoms. The van der Waals surface area contributed by atoms with Gasteiger partial charge in [0.25, 0.3) is 5.69 Å². The molecule has 0 radical (unpaired) electrons. The van der Waals surface area contributed by atoms with Gasteiger partial charge in [0.1, 0.15) is 0 Å². The Morgan fingerprint density at radius 1 is 1.56 bits per heavy atom. The topological polar surface area (TPSA) is 68.1 Å². The lowest BCUT2D eigenvalue weighted by Crippen LogP contribution is -1.92. The van der Waals surface area contributed by atoms with Gasteiger partial charge in [-0.05, 0) is 18.1 Å². The van der Waals surface area contributed by atoms with E-state index in [1.165, 1.54) is 11.3 Å². The fourth-order valence-electron chi connectivity index (χ4n) is 1.52. The molecule has 0 aliphatic carbocycles. The zero-order valence-corrected chi connectivity index (χ0v) is 9.80. The minimum Gasteiger partial charge on any atom is -0.365 e. The summed E-state index contributed by atoms with van der Waals surface area (Å²) < 4.78 is 0.857. The molecular weight excluding hydrogens is 226 g/mol. The third kappa shape index (κ3) is 1.71. The molecule has 0 aliphatic heterocycles. The highest BCUT2D eigenvalue weighted by Gasteiger charge is 2.17. The number of nitrogens with one attached hydrogen (secondary N) is 1. The predicted octanol–water partition coefficient (Wildman–Crippen LogP) is 2.81. The van der Waals surface area contributed by atoms with Crippen molar-refractivity contribution >= 4 is 32.4 Å². The Labute approximate surface area is 96.3 Å². The number of non-ortho nitro benzene ring substituents is 1. The molecule has 2 aromatic rings. The molecule has 16 heavy (non-hydrogen) atoms. The fraction of sp³-hybridized carbons (Fsp3) is 0.300. The van der Waals surface area contributed by atoms with E-state index in [4.69, 9.17) is 0 Å². The molecule has 0 unspecified atom stereocenters. The lowest BCUT2D eigenvalue weighted by Gasteiger charge is -1.97. The van der Waals surface area contributed by atoms with Gasteiger partial charge in [0, 0.05) is 13.1 Å². The minimum absolute atomic E-state index is 0.0899. The third-order valence-electron chi connectivity index (χ3n) is 2.35. The molecular formula is C10H11N3O2S. The average molecular weight is 237 g/mol. The van der Waals surface area contributed by atoms with Gasteiger partial charge < -0.3 is 5.32 Å². The molecule has 0 bridgehead atoms. The van der Waals surface area contributed by atoms with E-state index in [0.717, 1.165) is 16.7 Å². The molecule has 1 aromatic carbocycles. The maximum absolute atomic E-state index is 10.9. The number of thiazole rings is 1. The van der Waals surface area contributed by atoms with Crippen LogP contribution in [0.25, 0.3) is 10.2 Å². The highest BCUT2D eigenvalue weighted by atomic mass is 32.1. The molecule has 84 valence electrons. The SMILES string of the molecule is CCc1cc([N+](=O)[O-])c2nc(NC)sc2c1. The summed E-state index contributed by atoms with van der Waals surface area (Å²) in [6, 6.07) is 3.56. The Balaban J connectivity index is 2.74. The summed E-state index contributed by atoms with van der Waals surface area (Å²) in [5.41, 5.74) is 1.52. The monoisotopic (exact) mass is 237 g/mol. The van der Waals surface area contributed by atoms with Gasteiger partial charge >= 0.3 is 0 Å². The summed E-state index contributed by atoms with van der Waals surface area (Å²) in [4.78, 5) is 14.7. The lowest BCUT2D eigenvalue weighted by molar-refractivity contribution is -0.383. The number of rotatable bonds is 3. The number of fused-ring (bicyclic) bond motifs is 1. The average Bonchev–Trinajstić information content (AvgIpc) is 2.69. The largest absolute Gasteiger partial charge is 0.365 e. The Kier molecular flexibility index (Phi) is 2.74. The number of benzene rings is 1. The summed E-state index contributed by atoms with van der Waals surface area (Å²) in [7, 11) is 1.75. The molecule has 1 aromatic heterocycles. The van der Waals surface area contributed by atoms with Crippen LogP contribution in [0.15, 0.2) is 12.1 Å². The predicted molar refractivity (Wildman–Crippen MR) is 65.2 cm³/mol. The summed E-state index contributed by atoms with van der Waals surface area (Å²) in [5.74, 6) is 0. The molecule has 1 N–H and O–H groups in total. The molecule has 2 rings (SSSR count). The normalized spacial score (nSPS) is 10.6. The molecule has 5 nitrogen and oxygen atoms in total. The Morgan fingerprint density at radius 3 is 2.88 bits per heavy atom. The van der Waals surface area contributed by atoms with Crippen molar-refractivity contribution in [2.24, 2.45) is 0 Å². The summed E-state index contributed by atoms with van der Waals surface area (Å²) >= 11 is 1.43. The first-order valence-electron chi connectivity index (χ1n) is 4.91. The van der Waals surface area contributed by atoms with E-state index in [0.29, 0.717) is 10.6 Å². The van der Waals surface area contributed by atoms with Crippen molar-refractivity contribution in [1.29, 1.82) is 0 Å². The first kappa shape index (κ1) is 10.8. The van der Waals surface area contributed by atoms with Gasteiger partial charge in [0.15, 0.2) is 10.6 Å². The highest BCUT2D eigenvalue weighted by molar-refractivity contribution is 7.22. The van der Waals surface area contributed by atoms with Gasteiger partial charge in [-0.15, -0.1) is 0 Å². The van der Waals surface area contributed by atoms with E-state index in [1.54, 1.807) is 13.1 Å². The number of hydrogen-bond acceptors (Lipinski definition) is 5. The number of anilines is 1. The second-order valence-electron chi connectivity index (χ2n) is 3.34. The molecule has 0 atom stereocenters. The molecule has 0 aliphatic rings. The maximum atomic E-state index is 10.9. The van der Waals surface area contributed by atoms with Gasteiger partial charge in [-0.2, -0.15) is 0 Å². The van der Waals surface area contributed by atoms with Crippen molar-refractivity contribution in [2.75, 3.05) is 12.4 Å². The van der Waals surface area contributed by atoms with Crippen LogP contribution >= 0.6 is 11.3 Å². The van der Waals surface area contributed by atoms with E-state index in [-0.39, 0.29) is 10.6 Å². The second-order valence-corrected chi connectivity index (χ2v) is 4.37. The van der Waals surface area contributed by atoms with Crippen molar-refractivity contribution in [1.82, 2.24) is 4.98 Å². The highest BCUT2D eigenvalue weighted by Crippen LogP contribution is 2.33. The van der Waals surface area contributed by atoms with Crippen LogP contribution in [-0.2, 0) is 6.42 Å². The number of nitrogens with zero attached hydrogens (tertiary/aromatic N) is 2. The molecule has 0 saturated heterocycles. The van der Waals surface area contributed by atoms with Crippen molar-refractivity contribution in [3.63, 3.8) is 0 Å². The van der Waals surface area contributed by atoms with Crippen LogP contribution in [0.4, 0.5) is 10.8 Å². The van der Waals surface area contributed by atoms with Crippen molar-refractivity contribution < 1.29 is 4.92 Å². The minimum atomic E-state index is -0.374. The van der Waals surface area contributed by atoms with Crippen molar-refractivity contribution in [3.8, 4) is 0 Å². The van der Waals surface area contributed by atoms with Gasteiger partial charge in [-0.1, -0.05) is 18.3 Å². The van der Waals surface area contributed by atoms with Gasteiger partial charge in [-0.25, -0.2) is 4.98 Å². The first-order chi connectivity index (χ1) is 7.65. The van der Waals surface area contributed by atoms with Gasteiger partial charge in [0.2, 0.25) is 0 Å².